The smallest absolute Gasteiger partial charge is 0.379 e. The van der Waals surface area contributed by atoms with Gasteiger partial charge in [0.05, 0.1) is 12.7 Å². The van der Waals surface area contributed by atoms with Gasteiger partial charge in [0.2, 0.25) is 0 Å². The molecule has 0 heterocycles. The minimum Gasteiger partial charge on any atom is -0.379 e. The Morgan fingerprint density at radius 1 is 1.12 bits per heavy atom. The molecule has 0 amide bonds. The van der Waals surface area contributed by atoms with Crippen molar-refractivity contribution in [2.75, 3.05) is 34.7 Å². The number of ether oxygens (including phenoxy) is 2. The molecule has 0 spiro atoms. The Morgan fingerprint density at radius 3 is 2.19 bits per heavy atom. The molecular weight excluding hydrogens is 228 g/mol. The molecule has 0 radical (unpaired) electrons. The average Bonchev–Trinajstić information content (AvgIpc) is 2.32. The van der Waals surface area contributed by atoms with E-state index < -0.39 is 8.80 Å². The standard InChI is InChI=1S/C10H24O5Si/c1-6-7-16(12-4,13-5)15-9-14-8-10(2)11-3/h10H,6-9H2,1-5H3. The van der Waals surface area contributed by atoms with Crippen LogP contribution in [-0.4, -0.2) is 49.6 Å². The molecule has 6 heteroatoms. The summed E-state index contributed by atoms with van der Waals surface area (Å²) in [6, 6.07) is 0.795. The van der Waals surface area contributed by atoms with Crippen LogP contribution >= 0.6 is 0 Å². The van der Waals surface area contributed by atoms with Gasteiger partial charge in [-0.3, -0.25) is 0 Å². The largest absolute Gasteiger partial charge is 0.502 e. The molecule has 0 saturated carbocycles. The second-order valence-corrected chi connectivity index (χ2v) is 6.49. The molecule has 0 aromatic carbocycles. The summed E-state index contributed by atoms with van der Waals surface area (Å²) in [6.45, 7) is 4.68. The van der Waals surface area contributed by atoms with Crippen LogP contribution in [-0.2, 0) is 22.8 Å². The molecule has 0 aliphatic carbocycles. The van der Waals surface area contributed by atoms with Gasteiger partial charge in [0, 0.05) is 27.4 Å². The van der Waals surface area contributed by atoms with Gasteiger partial charge >= 0.3 is 8.80 Å². The van der Waals surface area contributed by atoms with Crippen molar-refractivity contribution in [2.24, 2.45) is 0 Å². The van der Waals surface area contributed by atoms with Gasteiger partial charge in [-0.15, -0.1) is 0 Å². The summed E-state index contributed by atoms with van der Waals surface area (Å²) in [6.07, 6.45) is 1.03. The first-order valence-electron chi connectivity index (χ1n) is 5.49. The third kappa shape index (κ3) is 5.93. The van der Waals surface area contributed by atoms with Crippen molar-refractivity contribution < 1.29 is 22.8 Å². The SMILES string of the molecule is CCC[Si](OC)(OC)OCOCC(C)OC. The fraction of sp³-hybridized carbons (Fsp3) is 1.00. The lowest BCUT2D eigenvalue weighted by Gasteiger charge is -2.26. The highest BCUT2D eigenvalue weighted by molar-refractivity contribution is 6.60. The van der Waals surface area contributed by atoms with Crippen LogP contribution in [0.15, 0.2) is 0 Å². The van der Waals surface area contributed by atoms with E-state index >= 15 is 0 Å². The van der Waals surface area contributed by atoms with Crippen molar-refractivity contribution in [1.29, 1.82) is 0 Å². The first-order valence-corrected chi connectivity index (χ1v) is 7.42. The van der Waals surface area contributed by atoms with Crippen LogP contribution in [0, 0.1) is 0 Å². The van der Waals surface area contributed by atoms with Gasteiger partial charge in [0.15, 0.2) is 0 Å². The summed E-state index contributed by atoms with van der Waals surface area (Å²) < 4.78 is 26.6. The lowest BCUT2D eigenvalue weighted by Crippen LogP contribution is -2.44. The Kier molecular flexibility index (Phi) is 9.10. The third-order valence-electron chi connectivity index (χ3n) is 2.30. The maximum Gasteiger partial charge on any atom is 0.502 e. The highest BCUT2D eigenvalue weighted by Crippen LogP contribution is 2.15. The normalized spacial score (nSPS) is 14.1. The van der Waals surface area contributed by atoms with Crippen LogP contribution in [0.5, 0.6) is 0 Å². The molecule has 1 atom stereocenters. The van der Waals surface area contributed by atoms with Gasteiger partial charge in [-0.25, -0.2) is 0 Å². The highest BCUT2D eigenvalue weighted by Gasteiger charge is 2.37. The minimum absolute atomic E-state index is 0.0657. The maximum absolute atomic E-state index is 5.58. The molecule has 16 heavy (non-hydrogen) atoms. The van der Waals surface area contributed by atoms with Crippen LogP contribution in [0.25, 0.3) is 0 Å². The topological polar surface area (TPSA) is 46.2 Å². The quantitative estimate of drug-likeness (QED) is 0.336. The monoisotopic (exact) mass is 252 g/mol. The first-order chi connectivity index (χ1) is 7.64. The van der Waals surface area contributed by atoms with Crippen molar-refractivity contribution in [3.63, 3.8) is 0 Å². The summed E-state index contributed by atoms with van der Waals surface area (Å²) in [5.41, 5.74) is 0. The van der Waals surface area contributed by atoms with E-state index in [2.05, 4.69) is 6.92 Å². The molecule has 0 N–H and O–H groups in total. The molecule has 0 saturated heterocycles. The molecule has 0 aromatic rings. The Balaban J connectivity index is 3.84. The molecule has 1 unspecified atom stereocenters. The van der Waals surface area contributed by atoms with E-state index in [0.29, 0.717) is 6.61 Å². The van der Waals surface area contributed by atoms with E-state index in [-0.39, 0.29) is 12.9 Å². The third-order valence-corrected chi connectivity index (χ3v) is 5.21. The van der Waals surface area contributed by atoms with E-state index in [0.717, 1.165) is 12.5 Å². The molecule has 98 valence electrons. The van der Waals surface area contributed by atoms with Crippen LogP contribution in [0.2, 0.25) is 6.04 Å². The summed E-state index contributed by atoms with van der Waals surface area (Å²) in [4.78, 5) is 0. The second-order valence-electron chi connectivity index (χ2n) is 3.52. The molecule has 5 nitrogen and oxygen atoms in total. The molecule has 0 fully saturated rings. The first kappa shape index (κ1) is 16.0. The summed E-state index contributed by atoms with van der Waals surface area (Å²) in [7, 11) is 2.39. The Hall–Kier alpha value is 0.0169. The van der Waals surface area contributed by atoms with Crippen molar-refractivity contribution in [3.05, 3.63) is 0 Å². The predicted octanol–water partition coefficient (Wildman–Crippen LogP) is 1.65. The zero-order valence-electron chi connectivity index (χ0n) is 10.9. The number of hydrogen-bond acceptors (Lipinski definition) is 5. The number of rotatable bonds is 10. The molecule has 0 aliphatic heterocycles. The minimum atomic E-state index is -2.49. The summed E-state index contributed by atoms with van der Waals surface area (Å²) >= 11 is 0. The maximum atomic E-state index is 5.58. The molecule has 0 aliphatic rings. The van der Waals surface area contributed by atoms with E-state index in [9.17, 15) is 0 Å². The Bertz CT molecular complexity index is 163. The van der Waals surface area contributed by atoms with Gasteiger partial charge in [-0.2, -0.15) is 0 Å². The molecule has 0 bridgehead atoms. The Labute approximate surface area is 99.3 Å². The van der Waals surface area contributed by atoms with Crippen molar-refractivity contribution >= 4 is 8.80 Å². The Morgan fingerprint density at radius 2 is 1.75 bits per heavy atom. The summed E-state index contributed by atoms with van der Waals surface area (Å²) in [5, 5.41) is 0. The zero-order chi connectivity index (χ0) is 12.4. The number of methoxy groups -OCH3 is 1. The molecular formula is C10H24O5Si. The lowest BCUT2D eigenvalue weighted by atomic mass is 10.4. The molecule has 0 rings (SSSR count). The lowest BCUT2D eigenvalue weighted by molar-refractivity contribution is -0.0641. The van der Waals surface area contributed by atoms with Crippen molar-refractivity contribution in [2.45, 2.75) is 32.4 Å². The van der Waals surface area contributed by atoms with E-state index in [4.69, 9.17) is 22.8 Å². The van der Waals surface area contributed by atoms with Gasteiger partial charge < -0.3 is 22.8 Å². The van der Waals surface area contributed by atoms with Crippen LogP contribution < -0.4 is 0 Å². The summed E-state index contributed by atoms with van der Waals surface area (Å²) in [5.74, 6) is 0. The van der Waals surface area contributed by atoms with Crippen molar-refractivity contribution in [3.8, 4) is 0 Å². The van der Waals surface area contributed by atoms with E-state index in [1.54, 1.807) is 21.3 Å². The van der Waals surface area contributed by atoms with Gasteiger partial charge in [0.25, 0.3) is 0 Å². The van der Waals surface area contributed by atoms with Crippen LogP contribution in [0.4, 0.5) is 0 Å². The molecule has 0 aromatic heterocycles. The fourth-order valence-corrected chi connectivity index (χ4v) is 3.03. The van der Waals surface area contributed by atoms with E-state index in [1.807, 2.05) is 6.92 Å². The zero-order valence-corrected chi connectivity index (χ0v) is 11.9. The second kappa shape index (κ2) is 9.09. The van der Waals surface area contributed by atoms with Crippen LogP contribution in [0.3, 0.4) is 0 Å². The van der Waals surface area contributed by atoms with Gasteiger partial charge in [-0.1, -0.05) is 13.3 Å². The number of hydrogen-bond donors (Lipinski definition) is 0. The van der Waals surface area contributed by atoms with Gasteiger partial charge in [0.1, 0.15) is 6.79 Å². The van der Waals surface area contributed by atoms with Gasteiger partial charge in [-0.05, 0) is 6.92 Å². The van der Waals surface area contributed by atoms with Crippen LogP contribution in [0.1, 0.15) is 20.3 Å². The predicted molar refractivity (Wildman–Crippen MR) is 63.2 cm³/mol. The fourth-order valence-electron chi connectivity index (χ4n) is 1.20. The highest BCUT2D eigenvalue weighted by atomic mass is 28.4. The van der Waals surface area contributed by atoms with E-state index in [1.165, 1.54) is 0 Å². The average molecular weight is 252 g/mol. The van der Waals surface area contributed by atoms with Crippen molar-refractivity contribution in [1.82, 2.24) is 0 Å².